The van der Waals surface area contributed by atoms with Crippen molar-refractivity contribution in [3.05, 3.63) is 146 Å². The van der Waals surface area contributed by atoms with Crippen LogP contribution in [-0.2, 0) is 4.79 Å². The summed E-state index contributed by atoms with van der Waals surface area (Å²) >= 11 is 0. The normalized spacial score (nSPS) is 13.9. The summed E-state index contributed by atoms with van der Waals surface area (Å²) in [5, 5.41) is 9.51. The van der Waals surface area contributed by atoms with Gasteiger partial charge >= 0.3 is 0 Å². The summed E-state index contributed by atoms with van der Waals surface area (Å²) in [5.41, 5.74) is 0. The van der Waals surface area contributed by atoms with Gasteiger partial charge in [-0.2, -0.15) is 0 Å². The van der Waals surface area contributed by atoms with Crippen LogP contribution >= 0.6 is 0 Å². The molecule has 0 heterocycles. The number of aliphatic hydroxyl groups excluding tert-OH is 1. The van der Waals surface area contributed by atoms with E-state index in [1.165, 1.54) is 0 Å². The van der Waals surface area contributed by atoms with Crippen molar-refractivity contribution in [2.24, 2.45) is 0 Å². The zero-order valence-electron chi connectivity index (χ0n) is 29.7. The van der Waals surface area contributed by atoms with Gasteiger partial charge in [-0.3, -0.25) is 4.79 Å². The van der Waals surface area contributed by atoms with Crippen molar-refractivity contribution in [2.75, 3.05) is 0 Å². The summed E-state index contributed by atoms with van der Waals surface area (Å²) in [6.07, 6.45) is 63.6. The number of ketones is 1. The number of hydrogen-bond donors (Lipinski definition) is 1. The summed E-state index contributed by atoms with van der Waals surface area (Å²) in [5.74, 6) is 0.202. The van der Waals surface area contributed by atoms with Crippen LogP contribution in [0, 0.1) is 0 Å². The highest BCUT2D eigenvalue weighted by atomic mass is 16.3. The minimum absolute atomic E-state index is 0.202. The lowest BCUT2D eigenvalue weighted by atomic mass is 10.2. The Labute approximate surface area is 284 Å². The minimum atomic E-state index is -0.304. The Balaban J connectivity index is 0. The minimum Gasteiger partial charge on any atom is -0.389 e. The molecule has 46 heavy (non-hydrogen) atoms. The second-order valence-corrected chi connectivity index (χ2v) is 10.6. The molecule has 1 atom stereocenters. The Morgan fingerprint density at radius 2 is 0.804 bits per heavy atom. The number of carbonyl (C=O) groups is 1. The number of hydrogen-bond acceptors (Lipinski definition) is 2. The Morgan fingerprint density at radius 1 is 0.457 bits per heavy atom. The molecule has 254 valence electrons. The maximum absolute atomic E-state index is 11.2. The number of rotatable bonds is 26. The molecule has 2 heteroatoms. The molecule has 0 spiro atoms. The number of allylic oxidation sites excluding steroid dienone is 23. The molecule has 0 aliphatic heterocycles. The first-order valence-electron chi connectivity index (χ1n) is 17.7. The monoisotopic (exact) mass is 627 g/mol. The van der Waals surface area contributed by atoms with Crippen LogP contribution in [0.15, 0.2) is 146 Å². The quantitative estimate of drug-likeness (QED) is 0.0589. The van der Waals surface area contributed by atoms with E-state index < -0.39 is 0 Å². The van der Waals surface area contributed by atoms with Gasteiger partial charge in [0, 0.05) is 6.42 Å². The first-order valence-corrected chi connectivity index (χ1v) is 17.7. The van der Waals surface area contributed by atoms with Crippen LogP contribution in [0.5, 0.6) is 0 Å². The van der Waals surface area contributed by atoms with E-state index in [1.807, 2.05) is 37.3 Å². The molecule has 0 saturated carbocycles. The lowest BCUT2D eigenvalue weighted by Crippen LogP contribution is -1.99. The second-order valence-electron chi connectivity index (χ2n) is 10.6. The van der Waals surface area contributed by atoms with Crippen LogP contribution in [0.25, 0.3) is 0 Å². The predicted octanol–water partition coefficient (Wildman–Crippen LogP) is 13.1. The average Bonchev–Trinajstić information content (AvgIpc) is 3.05. The molecule has 0 aromatic rings. The Hall–Kier alpha value is -3.49. The summed E-state index contributed by atoms with van der Waals surface area (Å²) in [4.78, 5) is 11.2. The topological polar surface area (TPSA) is 37.3 Å². The molecule has 0 aliphatic rings. The second kappa shape index (κ2) is 41.5. The molecule has 1 unspecified atom stereocenters. The lowest BCUT2D eigenvalue weighted by molar-refractivity contribution is -0.114. The van der Waals surface area contributed by atoms with Crippen LogP contribution in [0.4, 0.5) is 0 Å². The highest BCUT2D eigenvalue weighted by Gasteiger charge is 1.93. The van der Waals surface area contributed by atoms with Gasteiger partial charge in [-0.05, 0) is 83.1 Å². The van der Waals surface area contributed by atoms with Crippen molar-refractivity contribution in [2.45, 2.75) is 124 Å². The molecule has 0 aliphatic carbocycles. The molecule has 0 aromatic heterocycles. The largest absolute Gasteiger partial charge is 0.389 e. The van der Waals surface area contributed by atoms with Gasteiger partial charge in [0.25, 0.3) is 0 Å². The summed E-state index contributed by atoms with van der Waals surface area (Å²) in [6.45, 7) is 8.40. The van der Waals surface area contributed by atoms with Gasteiger partial charge in [0.05, 0.1) is 6.10 Å². The van der Waals surface area contributed by atoms with Crippen LogP contribution in [-0.4, -0.2) is 17.0 Å². The predicted molar refractivity (Wildman–Crippen MR) is 208 cm³/mol. The van der Waals surface area contributed by atoms with Crippen molar-refractivity contribution in [3.8, 4) is 0 Å². The van der Waals surface area contributed by atoms with E-state index in [1.54, 1.807) is 6.08 Å². The molecule has 2 nitrogen and oxygen atoms in total. The summed E-state index contributed by atoms with van der Waals surface area (Å²) in [7, 11) is 0. The zero-order valence-corrected chi connectivity index (χ0v) is 29.7. The molecule has 1 N–H and O–H groups in total. The van der Waals surface area contributed by atoms with E-state index in [4.69, 9.17) is 0 Å². The van der Waals surface area contributed by atoms with Crippen LogP contribution in [0.2, 0.25) is 0 Å². The maximum Gasteiger partial charge on any atom is 0.155 e. The Kier molecular flexibility index (Phi) is 40.3. The highest BCUT2D eigenvalue weighted by Crippen LogP contribution is 1.99. The fourth-order valence-corrected chi connectivity index (χ4v) is 3.70. The van der Waals surface area contributed by atoms with Crippen molar-refractivity contribution in [3.63, 3.8) is 0 Å². The van der Waals surface area contributed by atoms with Gasteiger partial charge in [0.15, 0.2) is 5.78 Å². The van der Waals surface area contributed by atoms with Crippen molar-refractivity contribution in [1.29, 1.82) is 0 Å². The zero-order chi connectivity index (χ0) is 34.0. The average molecular weight is 627 g/mol. The van der Waals surface area contributed by atoms with Crippen LogP contribution < -0.4 is 0 Å². The summed E-state index contributed by atoms with van der Waals surface area (Å²) in [6, 6.07) is 0. The number of carbonyl (C=O) groups excluding carboxylic acids is 1. The van der Waals surface area contributed by atoms with E-state index in [0.29, 0.717) is 6.42 Å². The fraction of sp³-hybridized carbons (Fsp3) is 0.432. The standard InChI is InChI=1S/C22H34O.C22H32O/c2*1-3-5-6-7-8-9-10-11-12-13-14-15-16-17-18-19-21-22(23)20-4-2/h5-6,8-9,11-12,14-15,17-19,21-23H,3-4,7,10,13,16,20H2,1-2H3;5-6,8-9,11-12,14-15,17-19,21H,3-4,7,10,13,16,20H2,1-2H3/b2*6-5-,9-8-,12-11-,15-14-,18-17-,21-19+. The SMILES string of the molecule is CC/C=C\C/C=C\C/C=C\C/C=C\C/C=C\C=C\C(=O)CCC.CC/C=C\C/C=C\C/C=C\C/C=C\C/C=C\C=C\C(O)CCC. The lowest BCUT2D eigenvalue weighted by Gasteiger charge is -1.99. The fourth-order valence-electron chi connectivity index (χ4n) is 3.70. The van der Waals surface area contributed by atoms with E-state index in [2.05, 4.69) is 130 Å². The molecular formula is C44H66O2. The third-order valence-electron chi connectivity index (χ3n) is 6.17. The van der Waals surface area contributed by atoms with Crippen molar-refractivity contribution >= 4 is 5.78 Å². The molecule has 0 amide bonds. The van der Waals surface area contributed by atoms with E-state index in [9.17, 15) is 9.90 Å². The molecule has 0 rings (SSSR count). The number of aliphatic hydroxyl groups is 1. The maximum atomic E-state index is 11.2. The molecule has 0 aromatic carbocycles. The van der Waals surface area contributed by atoms with Gasteiger partial charge in [0.2, 0.25) is 0 Å². The third-order valence-corrected chi connectivity index (χ3v) is 6.17. The summed E-state index contributed by atoms with van der Waals surface area (Å²) < 4.78 is 0. The smallest absolute Gasteiger partial charge is 0.155 e. The molecule has 0 bridgehead atoms. The van der Waals surface area contributed by atoms with Crippen LogP contribution in [0.3, 0.4) is 0 Å². The first-order chi connectivity index (χ1) is 22.6. The van der Waals surface area contributed by atoms with Gasteiger partial charge in [0.1, 0.15) is 0 Å². The van der Waals surface area contributed by atoms with Crippen molar-refractivity contribution < 1.29 is 9.90 Å². The van der Waals surface area contributed by atoms with E-state index in [-0.39, 0.29) is 11.9 Å². The van der Waals surface area contributed by atoms with Crippen LogP contribution in [0.1, 0.15) is 118 Å². The molecule has 0 fully saturated rings. The third kappa shape index (κ3) is 42.6. The first kappa shape index (κ1) is 44.6. The highest BCUT2D eigenvalue weighted by molar-refractivity contribution is 5.89. The molecule has 0 saturated heterocycles. The van der Waals surface area contributed by atoms with E-state index >= 15 is 0 Å². The Bertz CT molecular complexity index is 1020. The molecule has 0 radical (unpaired) electrons. The van der Waals surface area contributed by atoms with E-state index in [0.717, 1.165) is 83.5 Å². The van der Waals surface area contributed by atoms with Gasteiger partial charge in [-0.15, -0.1) is 0 Å². The molecular weight excluding hydrogens is 560 g/mol. The van der Waals surface area contributed by atoms with Gasteiger partial charge < -0.3 is 5.11 Å². The Morgan fingerprint density at radius 3 is 1.15 bits per heavy atom. The van der Waals surface area contributed by atoms with Gasteiger partial charge in [-0.25, -0.2) is 0 Å². The van der Waals surface area contributed by atoms with Gasteiger partial charge in [-0.1, -0.05) is 174 Å². The van der Waals surface area contributed by atoms with Crippen molar-refractivity contribution in [1.82, 2.24) is 0 Å².